The molecule has 1 saturated heterocycles. The summed E-state index contributed by atoms with van der Waals surface area (Å²) in [6.45, 7) is 5.66. The highest BCUT2D eigenvalue weighted by atomic mass is 19.3. The summed E-state index contributed by atoms with van der Waals surface area (Å²) >= 11 is 0. The number of piperazine rings is 1. The van der Waals surface area contributed by atoms with Crippen molar-refractivity contribution in [2.24, 2.45) is 0 Å². The third-order valence-corrected chi connectivity index (χ3v) is 6.23. The standard InChI is InChI=1S/C23H25F2N5O/c1-15-4-2-3-5-17(15)14-28-8-10-29(11-9-28)23(31)19-13-21-26-18(16-6-7-16)12-20(22(24)25)30(21)27-19/h2-5,12-13,16,22H,6-11,14H2,1H3. The van der Waals surface area contributed by atoms with E-state index in [1.807, 2.05) is 12.1 Å². The number of amides is 1. The maximum atomic E-state index is 13.6. The first-order valence-electron chi connectivity index (χ1n) is 10.7. The molecule has 162 valence electrons. The Bertz CT molecular complexity index is 1120. The van der Waals surface area contributed by atoms with E-state index in [1.54, 1.807) is 11.0 Å². The Hall–Kier alpha value is -2.87. The van der Waals surface area contributed by atoms with Gasteiger partial charge in [0.25, 0.3) is 12.3 Å². The van der Waals surface area contributed by atoms with E-state index in [4.69, 9.17) is 0 Å². The Morgan fingerprint density at radius 3 is 2.55 bits per heavy atom. The van der Waals surface area contributed by atoms with Gasteiger partial charge >= 0.3 is 0 Å². The molecule has 6 nitrogen and oxygen atoms in total. The van der Waals surface area contributed by atoms with E-state index >= 15 is 0 Å². The number of carbonyl (C=O) groups excluding carboxylic acids is 1. The normalized spacial score (nSPS) is 17.6. The van der Waals surface area contributed by atoms with Crippen LogP contribution in [-0.4, -0.2) is 56.5 Å². The van der Waals surface area contributed by atoms with Gasteiger partial charge in [-0.2, -0.15) is 5.10 Å². The summed E-state index contributed by atoms with van der Waals surface area (Å²) in [5.41, 5.74) is 3.52. The van der Waals surface area contributed by atoms with Crippen LogP contribution >= 0.6 is 0 Å². The first kappa shape index (κ1) is 20.1. The van der Waals surface area contributed by atoms with Crippen LogP contribution < -0.4 is 0 Å². The number of nitrogens with zero attached hydrogens (tertiary/aromatic N) is 5. The SMILES string of the molecule is Cc1ccccc1CN1CCN(C(=O)c2cc3nc(C4CC4)cc(C(F)F)n3n2)CC1. The van der Waals surface area contributed by atoms with Crippen LogP contribution in [0.3, 0.4) is 0 Å². The number of rotatable bonds is 5. The van der Waals surface area contributed by atoms with Gasteiger partial charge < -0.3 is 4.90 Å². The minimum Gasteiger partial charge on any atom is -0.335 e. The molecular weight excluding hydrogens is 400 g/mol. The molecule has 1 saturated carbocycles. The fourth-order valence-corrected chi connectivity index (χ4v) is 4.17. The van der Waals surface area contributed by atoms with E-state index in [0.717, 1.165) is 37.0 Å². The molecule has 3 aromatic rings. The summed E-state index contributed by atoms with van der Waals surface area (Å²) < 4.78 is 28.3. The highest BCUT2D eigenvalue weighted by Gasteiger charge is 2.29. The maximum absolute atomic E-state index is 13.6. The minimum atomic E-state index is -2.67. The van der Waals surface area contributed by atoms with Crippen molar-refractivity contribution in [3.05, 3.63) is 64.6 Å². The first-order chi connectivity index (χ1) is 15.0. The smallest absolute Gasteiger partial charge is 0.280 e. The molecule has 1 aliphatic heterocycles. The van der Waals surface area contributed by atoms with Gasteiger partial charge in [-0.25, -0.2) is 18.3 Å². The Kier molecular flexibility index (Phi) is 5.17. The zero-order valence-corrected chi connectivity index (χ0v) is 17.5. The fraction of sp³-hybridized carbons (Fsp3) is 0.435. The van der Waals surface area contributed by atoms with Crippen molar-refractivity contribution in [2.45, 2.75) is 38.7 Å². The molecule has 1 aliphatic carbocycles. The topological polar surface area (TPSA) is 53.7 Å². The number of hydrogen-bond acceptors (Lipinski definition) is 4. The molecule has 0 spiro atoms. The molecular formula is C23H25F2N5O. The van der Waals surface area contributed by atoms with Crippen LogP contribution in [0.2, 0.25) is 0 Å². The van der Waals surface area contributed by atoms with Crippen LogP contribution in [-0.2, 0) is 6.54 Å². The van der Waals surface area contributed by atoms with Gasteiger partial charge in [0.2, 0.25) is 0 Å². The Morgan fingerprint density at radius 2 is 1.87 bits per heavy atom. The summed E-state index contributed by atoms with van der Waals surface area (Å²) in [4.78, 5) is 21.6. The fourth-order valence-electron chi connectivity index (χ4n) is 4.17. The van der Waals surface area contributed by atoms with Gasteiger partial charge in [-0.15, -0.1) is 0 Å². The lowest BCUT2D eigenvalue weighted by atomic mass is 10.1. The number of carbonyl (C=O) groups is 1. The van der Waals surface area contributed by atoms with Crippen molar-refractivity contribution in [1.82, 2.24) is 24.4 Å². The Labute approximate surface area is 179 Å². The van der Waals surface area contributed by atoms with Gasteiger partial charge in [0.05, 0.1) is 0 Å². The molecule has 2 aromatic heterocycles. The lowest BCUT2D eigenvalue weighted by Crippen LogP contribution is -2.48. The monoisotopic (exact) mass is 425 g/mol. The highest BCUT2D eigenvalue weighted by Crippen LogP contribution is 2.40. The molecule has 0 bridgehead atoms. The average Bonchev–Trinajstić information content (AvgIpc) is 3.53. The number of alkyl halides is 2. The summed E-state index contributed by atoms with van der Waals surface area (Å²) in [5, 5.41) is 4.20. The number of hydrogen-bond donors (Lipinski definition) is 0. The highest BCUT2D eigenvalue weighted by molar-refractivity contribution is 5.93. The zero-order valence-electron chi connectivity index (χ0n) is 17.5. The van der Waals surface area contributed by atoms with Crippen LogP contribution in [0.5, 0.6) is 0 Å². The summed E-state index contributed by atoms with van der Waals surface area (Å²) in [5.74, 6) is 0.0205. The van der Waals surface area contributed by atoms with E-state index in [0.29, 0.717) is 24.4 Å². The zero-order chi connectivity index (χ0) is 21.5. The van der Waals surface area contributed by atoms with Crippen LogP contribution in [0.4, 0.5) is 8.78 Å². The second kappa shape index (κ2) is 8.00. The Morgan fingerprint density at radius 1 is 1.13 bits per heavy atom. The predicted molar refractivity (Wildman–Crippen MR) is 112 cm³/mol. The number of aromatic nitrogens is 3. The third-order valence-electron chi connectivity index (χ3n) is 6.23. The maximum Gasteiger partial charge on any atom is 0.280 e. The van der Waals surface area contributed by atoms with E-state index in [9.17, 15) is 13.6 Å². The lowest BCUT2D eigenvalue weighted by Gasteiger charge is -2.34. The van der Waals surface area contributed by atoms with Crippen molar-refractivity contribution < 1.29 is 13.6 Å². The van der Waals surface area contributed by atoms with Gasteiger partial charge in [-0.3, -0.25) is 9.69 Å². The first-order valence-corrected chi connectivity index (χ1v) is 10.7. The molecule has 3 heterocycles. The molecule has 2 fully saturated rings. The molecule has 8 heteroatoms. The van der Waals surface area contributed by atoms with Gasteiger partial charge in [-0.1, -0.05) is 24.3 Å². The number of aryl methyl sites for hydroxylation is 1. The van der Waals surface area contributed by atoms with E-state index in [2.05, 4.69) is 34.0 Å². The molecule has 5 rings (SSSR count). The van der Waals surface area contributed by atoms with E-state index in [-0.39, 0.29) is 23.2 Å². The van der Waals surface area contributed by atoms with Gasteiger partial charge in [0.1, 0.15) is 5.69 Å². The second-order valence-electron chi connectivity index (χ2n) is 8.48. The largest absolute Gasteiger partial charge is 0.335 e. The average molecular weight is 425 g/mol. The third kappa shape index (κ3) is 4.04. The van der Waals surface area contributed by atoms with Crippen molar-refractivity contribution >= 4 is 11.6 Å². The van der Waals surface area contributed by atoms with Crippen molar-refractivity contribution in [3.63, 3.8) is 0 Å². The molecule has 1 amide bonds. The van der Waals surface area contributed by atoms with Gasteiger partial charge in [-0.05, 0) is 37.0 Å². The lowest BCUT2D eigenvalue weighted by molar-refractivity contribution is 0.0621. The predicted octanol–water partition coefficient (Wildman–Crippen LogP) is 3.81. The van der Waals surface area contributed by atoms with Crippen LogP contribution in [0, 0.1) is 6.92 Å². The van der Waals surface area contributed by atoms with Crippen LogP contribution in [0.1, 0.15) is 58.2 Å². The summed E-state index contributed by atoms with van der Waals surface area (Å²) in [6, 6.07) is 11.3. The quantitative estimate of drug-likeness (QED) is 0.624. The van der Waals surface area contributed by atoms with Crippen LogP contribution in [0.15, 0.2) is 36.4 Å². The van der Waals surface area contributed by atoms with Crippen molar-refractivity contribution in [2.75, 3.05) is 26.2 Å². The Balaban J connectivity index is 1.30. The summed E-state index contributed by atoms with van der Waals surface area (Å²) in [6.07, 6.45) is -0.729. The number of fused-ring (bicyclic) bond motifs is 1. The molecule has 0 N–H and O–H groups in total. The summed E-state index contributed by atoms with van der Waals surface area (Å²) in [7, 11) is 0. The molecule has 31 heavy (non-hydrogen) atoms. The van der Waals surface area contributed by atoms with Gasteiger partial charge in [0.15, 0.2) is 11.3 Å². The van der Waals surface area contributed by atoms with E-state index in [1.165, 1.54) is 17.2 Å². The van der Waals surface area contributed by atoms with E-state index < -0.39 is 6.43 Å². The van der Waals surface area contributed by atoms with Crippen molar-refractivity contribution in [1.29, 1.82) is 0 Å². The molecule has 1 aromatic carbocycles. The molecule has 0 unspecified atom stereocenters. The number of benzene rings is 1. The minimum absolute atomic E-state index is 0.176. The molecule has 2 aliphatic rings. The van der Waals surface area contributed by atoms with Crippen LogP contribution in [0.25, 0.3) is 5.65 Å². The number of halogens is 2. The molecule has 0 atom stereocenters. The second-order valence-corrected chi connectivity index (χ2v) is 8.48. The molecule has 0 radical (unpaired) electrons. The van der Waals surface area contributed by atoms with Gasteiger partial charge in [0, 0.05) is 50.4 Å². The van der Waals surface area contributed by atoms with Crippen molar-refractivity contribution in [3.8, 4) is 0 Å².